The summed E-state index contributed by atoms with van der Waals surface area (Å²) in [5.74, 6) is 1.93. The molecular formula is C19H28ClN5O2S. The number of nitrogens with zero attached hydrogens (tertiary/aromatic N) is 3. The van der Waals surface area contributed by atoms with E-state index in [4.69, 9.17) is 4.74 Å². The van der Waals surface area contributed by atoms with Crippen LogP contribution < -0.4 is 15.4 Å². The third kappa shape index (κ3) is 6.12. The van der Waals surface area contributed by atoms with Crippen LogP contribution in [0.4, 0.5) is 0 Å². The highest BCUT2D eigenvalue weighted by Gasteiger charge is 2.19. The maximum atomic E-state index is 12.4. The Balaban J connectivity index is 0.00000280. The summed E-state index contributed by atoms with van der Waals surface area (Å²) in [6.07, 6.45) is 3.79. The van der Waals surface area contributed by atoms with Gasteiger partial charge >= 0.3 is 0 Å². The van der Waals surface area contributed by atoms with E-state index >= 15 is 0 Å². The van der Waals surface area contributed by atoms with Gasteiger partial charge in [0.15, 0.2) is 5.69 Å². The van der Waals surface area contributed by atoms with Crippen molar-refractivity contribution in [2.24, 2.45) is 5.92 Å². The number of nitrogens with one attached hydrogen (secondary N) is 2. The molecule has 0 radical (unpaired) electrons. The van der Waals surface area contributed by atoms with Crippen LogP contribution in [0.15, 0.2) is 35.4 Å². The van der Waals surface area contributed by atoms with Crippen LogP contribution >= 0.6 is 24.2 Å². The van der Waals surface area contributed by atoms with Crippen LogP contribution in [0.2, 0.25) is 0 Å². The van der Waals surface area contributed by atoms with Gasteiger partial charge < -0.3 is 15.4 Å². The van der Waals surface area contributed by atoms with Gasteiger partial charge in [-0.25, -0.2) is 4.68 Å². The zero-order valence-corrected chi connectivity index (χ0v) is 17.9. The minimum Gasteiger partial charge on any atom is -0.496 e. The lowest BCUT2D eigenvalue weighted by molar-refractivity contribution is 0.0944. The molecule has 1 saturated heterocycles. The van der Waals surface area contributed by atoms with Crippen molar-refractivity contribution in [1.29, 1.82) is 0 Å². The van der Waals surface area contributed by atoms with Gasteiger partial charge in [0, 0.05) is 17.2 Å². The summed E-state index contributed by atoms with van der Waals surface area (Å²) < 4.78 is 7.20. The Morgan fingerprint density at radius 1 is 1.39 bits per heavy atom. The number of ether oxygens (including phenoxy) is 1. The number of carbonyl (C=O) groups excluding carboxylic acids is 1. The molecule has 1 aliphatic rings. The van der Waals surface area contributed by atoms with E-state index in [9.17, 15) is 4.79 Å². The van der Waals surface area contributed by atoms with Crippen LogP contribution in [0.5, 0.6) is 5.75 Å². The number of halogens is 1. The van der Waals surface area contributed by atoms with E-state index in [2.05, 4.69) is 27.9 Å². The molecule has 1 atom stereocenters. The molecule has 0 saturated carbocycles. The molecule has 1 unspecified atom stereocenters. The molecule has 0 bridgehead atoms. The molecule has 2 aromatic rings. The van der Waals surface area contributed by atoms with E-state index in [1.165, 1.54) is 0 Å². The van der Waals surface area contributed by atoms with Crippen molar-refractivity contribution in [2.45, 2.75) is 30.7 Å². The van der Waals surface area contributed by atoms with Crippen LogP contribution in [0.1, 0.15) is 36.3 Å². The van der Waals surface area contributed by atoms with Gasteiger partial charge in [0.25, 0.3) is 5.91 Å². The van der Waals surface area contributed by atoms with Crippen molar-refractivity contribution in [1.82, 2.24) is 25.6 Å². The van der Waals surface area contributed by atoms with Crippen LogP contribution in [0.3, 0.4) is 0 Å². The summed E-state index contributed by atoms with van der Waals surface area (Å²) >= 11 is 1.74. The molecule has 0 spiro atoms. The summed E-state index contributed by atoms with van der Waals surface area (Å²) in [4.78, 5) is 13.5. The first kappa shape index (κ1) is 22.5. The zero-order chi connectivity index (χ0) is 19.1. The van der Waals surface area contributed by atoms with Gasteiger partial charge in [-0.15, -0.1) is 29.3 Å². The fourth-order valence-electron chi connectivity index (χ4n) is 3.02. The van der Waals surface area contributed by atoms with Gasteiger partial charge in [-0.1, -0.05) is 24.3 Å². The molecule has 1 fully saturated rings. The van der Waals surface area contributed by atoms with Crippen LogP contribution in [0, 0.1) is 5.92 Å². The van der Waals surface area contributed by atoms with E-state index in [1.54, 1.807) is 25.1 Å². The first-order valence-corrected chi connectivity index (χ1v) is 10.3. The molecule has 9 heteroatoms. The molecule has 28 heavy (non-hydrogen) atoms. The Labute approximate surface area is 176 Å². The van der Waals surface area contributed by atoms with E-state index in [-0.39, 0.29) is 18.3 Å². The number of aromatic nitrogens is 3. The highest BCUT2D eigenvalue weighted by Crippen LogP contribution is 2.29. The summed E-state index contributed by atoms with van der Waals surface area (Å²) in [5, 5.41) is 14.5. The van der Waals surface area contributed by atoms with Crippen molar-refractivity contribution in [3.05, 3.63) is 36.2 Å². The van der Waals surface area contributed by atoms with E-state index in [1.807, 2.05) is 28.9 Å². The maximum Gasteiger partial charge on any atom is 0.273 e. The fourth-order valence-corrected chi connectivity index (χ4v) is 4.07. The lowest BCUT2D eigenvalue weighted by atomic mass is 10.1. The smallest absolute Gasteiger partial charge is 0.273 e. The second-order valence-corrected chi connectivity index (χ2v) is 7.90. The molecule has 1 aromatic heterocycles. The van der Waals surface area contributed by atoms with Crippen molar-refractivity contribution in [3.8, 4) is 5.75 Å². The van der Waals surface area contributed by atoms with Gasteiger partial charge in [0.2, 0.25) is 0 Å². The number of rotatable bonds is 8. The number of methoxy groups -OCH3 is 1. The topological polar surface area (TPSA) is 81.1 Å². The summed E-state index contributed by atoms with van der Waals surface area (Å²) in [5.41, 5.74) is 0.387. The number of hydrogen-bond donors (Lipinski definition) is 2. The number of para-hydroxylation sites is 1. The number of amides is 1. The van der Waals surface area contributed by atoms with Crippen molar-refractivity contribution in [2.75, 3.05) is 32.5 Å². The molecular weight excluding hydrogens is 398 g/mol. The van der Waals surface area contributed by atoms with Crippen molar-refractivity contribution < 1.29 is 9.53 Å². The number of benzene rings is 1. The highest BCUT2D eigenvalue weighted by atomic mass is 35.5. The van der Waals surface area contributed by atoms with Gasteiger partial charge in [0.1, 0.15) is 5.75 Å². The minimum atomic E-state index is -0.163. The molecule has 2 heterocycles. The average Bonchev–Trinajstić information content (AvgIpc) is 3.21. The second-order valence-electron chi connectivity index (χ2n) is 6.84. The molecule has 7 nitrogen and oxygen atoms in total. The zero-order valence-electron chi connectivity index (χ0n) is 16.3. The van der Waals surface area contributed by atoms with Gasteiger partial charge in [-0.05, 0) is 44.0 Å². The number of thioether (sulfide) groups is 1. The highest BCUT2D eigenvalue weighted by molar-refractivity contribution is 7.99. The van der Waals surface area contributed by atoms with E-state index in [0.29, 0.717) is 24.2 Å². The van der Waals surface area contributed by atoms with E-state index < -0.39 is 0 Å². The van der Waals surface area contributed by atoms with Gasteiger partial charge in [-0.2, -0.15) is 0 Å². The first-order valence-electron chi connectivity index (χ1n) is 9.34. The fraction of sp³-hybridized carbons (Fsp3) is 0.526. The maximum absolute atomic E-state index is 12.4. The Morgan fingerprint density at radius 2 is 2.14 bits per heavy atom. The largest absolute Gasteiger partial charge is 0.496 e. The summed E-state index contributed by atoms with van der Waals surface area (Å²) in [6, 6.07) is 8.30. The van der Waals surface area contributed by atoms with Crippen LogP contribution in [0.25, 0.3) is 0 Å². The minimum absolute atomic E-state index is 0. The second kappa shape index (κ2) is 11.3. The Kier molecular flexibility index (Phi) is 9.08. The molecule has 1 aromatic carbocycles. The molecule has 3 rings (SSSR count). The van der Waals surface area contributed by atoms with Gasteiger partial charge in [0.05, 0.1) is 19.3 Å². The quantitative estimate of drug-likeness (QED) is 0.633. The standard InChI is InChI=1S/C19H27N5O2S.ClH/c1-14(13-27-18-6-4-3-5-17(18)26-2)11-21-19(25)16-12-24(23-22-16)15-7-9-20-10-8-15;/h3-6,12,14-15,20H,7-11,13H2,1-2H3,(H,21,25);1H. The summed E-state index contributed by atoms with van der Waals surface area (Å²) in [7, 11) is 1.68. The lowest BCUT2D eigenvalue weighted by Crippen LogP contribution is -2.30. The monoisotopic (exact) mass is 425 g/mol. The molecule has 1 aliphatic heterocycles. The lowest BCUT2D eigenvalue weighted by Gasteiger charge is -2.22. The predicted octanol–water partition coefficient (Wildman–Crippen LogP) is 2.79. The Morgan fingerprint density at radius 3 is 2.89 bits per heavy atom. The number of hydrogen-bond acceptors (Lipinski definition) is 6. The molecule has 1 amide bonds. The first-order chi connectivity index (χ1) is 13.2. The Bertz CT molecular complexity index is 751. The summed E-state index contributed by atoms with van der Waals surface area (Å²) in [6.45, 7) is 4.68. The Hall–Kier alpha value is -1.77. The van der Waals surface area contributed by atoms with E-state index in [0.717, 1.165) is 42.3 Å². The average molecular weight is 426 g/mol. The molecule has 0 aliphatic carbocycles. The number of piperidine rings is 1. The number of carbonyl (C=O) groups is 1. The SMILES string of the molecule is COc1ccccc1SCC(C)CNC(=O)c1cn(C2CCNCC2)nn1.Cl. The predicted molar refractivity (Wildman–Crippen MR) is 114 cm³/mol. The van der Waals surface area contributed by atoms with Crippen molar-refractivity contribution in [3.63, 3.8) is 0 Å². The van der Waals surface area contributed by atoms with Crippen LogP contribution in [-0.2, 0) is 0 Å². The van der Waals surface area contributed by atoms with Gasteiger partial charge in [-0.3, -0.25) is 4.79 Å². The molecule has 2 N–H and O–H groups in total. The van der Waals surface area contributed by atoms with Crippen molar-refractivity contribution >= 4 is 30.1 Å². The third-order valence-electron chi connectivity index (χ3n) is 4.63. The van der Waals surface area contributed by atoms with Crippen LogP contribution in [-0.4, -0.2) is 53.4 Å². The normalized spacial score (nSPS) is 15.5. The third-order valence-corrected chi connectivity index (χ3v) is 6.01. The molecule has 154 valence electrons.